The summed E-state index contributed by atoms with van der Waals surface area (Å²) in [5, 5.41) is 17.0. The van der Waals surface area contributed by atoms with E-state index in [2.05, 4.69) is 10.6 Å². The highest BCUT2D eigenvalue weighted by atomic mass is 127. The number of hydrogen-bond acceptors (Lipinski definition) is 4. The van der Waals surface area contributed by atoms with Gasteiger partial charge in [-0.3, -0.25) is 10.1 Å². The van der Waals surface area contributed by atoms with E-state index in [0.717, 1.165) is 19.5 Å². The number of hydrogen-bond donors (Lipinski definition) is 2. The molecule has 1 atom stereocenters. The lowest BCUT2D eigenvalue weighted by molar-refractivity contribution is -0.384. The van der Waals surface area contributed by atoms with E-state index in [1.165, 1.54) is 12.1 Å². The molecule has 1 fully saturated rings. The van der Waals surface area contributed by atoms with Gasteiger partial charge in [-0.2, -0.15) is 0 Å². The molecule has 1 aliphatic heterocycles. The number of nitro benzene ring substituents is 1. The van der Waals surface area contributed by atoms with E-state index in [1.54, 1.807) is 22.6 Å². The molecule has 0 aliphatic carbocycles. The van der Waals surface area contributed by atoms with Gasteiger partial charge in [0.25, 0.3) is 5.69 Å². The molecule has 1 saturated heterocycles. The normalized spacial score (nSPS) is 19.3. The standard InChI is InChI=1S/C10H11FIN3O2/c11-7-3-9(14-6-1-2-13-5-6)10(15(16)17)4-8(7)12/h3-4,6,13-14H,1-2,5H2. The van der Waals surface area contributed by atoms with Gasteiger partial charge in [0, 0.05) is 24.7 Å². The number of benzene rings is 1. The van der Waals surface area contributed by atoms with Gasteiger partial charge in [-0.1, -0.05) is 0 Å². The Morgan fingerprint density at radius 1 is 1.59 bits per heavy atom. The summed E-state index contributed by atoms with van der Waals surface area (Å²) in [4.78, 5) is 10.4. The quantitative estimate of drug-likeness (QED) is 0.497. The Hall–Kier alpha value is -0.960. The van der Waals surface area contributed by atoms with Crippen molar-refractivity contribution >= 4 is 34.0 Å². The first-order valence-corrected chi connectivity index (χ1v) is 6.26. The van der Waals surface area contributed by atoms with Crippen molar-refractivity contribution in [2.24, 2.45) is 0 Å². The second-order valence-corrected chi connectivity index (χ2v) is 5.04. The number of nitrogens with zero attached hydrogens (tertiary/aromatic N) is 1. The molecule has 1 heterocycles. The van der Waals surface area contributed by atoms with Gasteiger partial charge in [0.2, 0.25) is 0 Å². The Kier molecular flexibility index (Phi) is 3.77. The molecule has 92 valence electrons. The summed E-state index contributed by atoms with van der Waals surface area (Å²) >= 11 is 1.75. The van der Waals surface area contributed by atoms with E-state index in [1.807, 2.05) is 0 Å². The van der Waals surface area contributed by atoms with E-state index in [-0.39, 0.29) is 21.0 Å². The summed E-state index contributed by atoms with van der Waals surface area (Å²) in [5.41, 5.74) is 0.171. The largest absolute Gasteiger partial charge is 0.375 e. The van der Waals surface area contributed by atoms with E-state index in [4.69, 9.17) is 0 Å². The minimum Gasteiger partial charge on any atom is -0.375 e. The SMILES string of the molecule is O=[N+]([O-])c1cc(I)c(F)cc1NC1CCNC1. The highest BCUT2D eigenvalue weighted by Gasteiger charge is 2.21. The zero-order valence-electron chi connectivity index (χ0n) is 8.87. The van der Waals surface area contributed by atoms with Gasteiger partial charge in [-0.15, -0.1) is 0 Å². The molecule has 0 saturated carbocycles. The van der Waals surface area contributed by atoms with E-state index in [0.29, 0.717) is 0 Å². The molecule has 1 aromatic rings. The van der Waals surface area contributed by atoms with Crippen LogP contribution in [0.3, 0.4) is 0 Å². The highest BCUT2D eigenvalue weighted by Crippen LogP contribution is 2.29. The van der Waals surface area contributed by atoms with Gasteiger partial charge >= 0.3 is 0 Å². The van der Waals surface area contributed by atoms with Gasteiger partial charge in [0.05, 0.1) is 8.49 Å². The number of nitrogens with one attached hydrogen (secondary N) is 2. The predicted molar refractivity (Wildman–Crippen MR) is 70.7 cm³/mol. The second kappa shape index (κ2) is 5.13. The fraction of sp³-hybridized carbons (Fsp3) is 0.400. The minimum atomic E-state index is -0.494. The van der Waals surface area contributed by atoms with Crippen LogP contribution in [-0.4, -0.2) is 24.1 Å². The molecule has 0 radical (unpaired) electrons. The van der Waals surface area contributed by atoms with Crippen molar-refractivity contribution in [2.45, 2.75) is 12.5 Å². The van der Waals surface area contributed by atoms with Crippen LogP contribution in [0.5, 0.6) is 0 Å². The van der Waals surface area contributed by atoms with Crippen molar-refractivity contribution in [3.8, 4) is 0 Å². The number of halogens is 2. The Bertz CT molecular complexity index is 449. The monoisotopic (exact) mass is 351 g/mol. The average Bonchev–Trinajstić information content (AvgIpc) is 2.75. The van der Waals surface area contributed by atoms with Crippen LogP contribution in [0.15, 0.2) is 12.1 Å². The van der Waals surface area contributed by atoms with Gasteiger partial charge in [0.1, 0.15) is 11.5 Å². The number of rotatable bonds is 3. The van der Waals surface area contributed by atoms with E-state index >= 15 is 0 Å². The van der Waals surface area contributed by atoms with Crippen LogP contribution in [-0.2, 0) is 0 Å². The maximum atomic E-state index is 13.4. The molecule has 0 amide bonds. The molecular weight excluding hydrogens is 340 g/mol. The topological polar surface area (TPSA) is 67.2 Å². The molecule has 1 unspecified atom stereocenters. The van der Waals surface area contributed by atoms with Crippen molar-refractivity contribution in [1.29, 1.82) is 0 Å². The Labute approximate surface area is 111 Å². The molecule has 2 rings (SSSR count). The van der Waals surface area contributed by atoms with Crippen molar-refractivity contribution in [3.63, 3.8) is 0 Å². The van der Waals surface area contributed by atoms with Crippen molar-refractivity contribution in [2.75, 3.05) is 18.4 Å². The predicted octanol–water partition coefficient (Wildman–Crippen LogP) is 2.11. The lowest BCUT2D eigenvalue weighted by atomic mass is 10.2. The molecule has 1 aliphatic rings. The average molecular weight is 351 g/mol. The van der Waals surface area contributed by atoms with Gasteiger partial charge in [-0.25, -0.2) is 4.39 Å². The Balaban J connectivity index is 2.29. The van der Waals surface area contributed by atoms with Crippen LogP contribution in [0.4, 0.5) is 15.8 Å². The first-order chi connectivity index (χ1) is 8.08. The van der Waals surface area contributed by atoms with Crippen LogP contribution in [0, 0.1) is 19.5 Å². The fourth-order valence-corrected chi connectivity index (χ4v) is 2.25. The zero-order chi connectivity index (χ0) is 12.4. The lowest BCUT2D eigenvalue weighted by Crippen LogP contribution is -2.22. The first kappa shape index (κ1) is 12.5. The van der Waals surface area contributed by atoms with Gasteiger partial charge in [-0.05, 0) is 35.6 Å². The van der Waals surface area contributed by atoms with Crippen LogP contribution < -0.4 is 10.6 Å². The van der Waals surface area contributed by atoms with E-state index in [9.17, 15) is 14.5 Å². The molecule has 7 heteroatoms. The lowest BCUT2D eigenvalue weighted by Gasteiger charge is -2.13. The van der Waals surface area contributed by atoms with Crippen LogP contribution in [0.2, 0.25) is 0 Å². The molecule has 0 aromatic heterocycles. The number of anilines is 1. The minimum absolute atomic E-state index is 0.0808. The van der Waals surface area contributed by atoms with E-state index < -0.39 is 10.7 Å². The number of nitro groups is 1. The van der Waals surface area contributed by atoms with Crippen molar-refractivity contribution in [3.05, 3.63) is 31.6 Å². The third-order valence-corrected chi connectivity index (χ3v) is 3.48. The van der Waals surface area contributed by atoms with Crippen LogP contribution in [0.25, 0.3) is 0 Å². The summed E-state index contributed by atoms with van der Waals surface area (Å²) in [6.07, 6.45) is 0.880. The molecule has 2 N–H and O–H groups in total. The van der Waals surface area contributed by atoms with Crippen LogP contribution in [0.1, 0.15) is 6.42 Å². The maximum Gasteiger partial charge on any atom is 0.293 e. The molecule has 0 spiro atoms. The summed E-state index contributed by atoms with van der Waals surface area (Å²) in [6, 6.07) is 2.56. The molecule has 5 nitrogen and oxygen atoms in total. The van der Waals surface area contributed by atoms with Crippen molar-refractivity contribution in [1.82, 2.24) is 5.32 Å². The Morgan fingerprint density at radius 3 is 2.94 bits per heavy atom. The van der Waals surface area contributed by atoms with Crippen LogP contribution >= 0.6 is 22.6 Å². The molecule has 1 aromatic carbocycles. The van der Waals surface area contributed by atoms with Gasteiger partial charge < -0.3 is 10.6 Å². The summed E-state index contributed by atoms with van der Waals surface area (Å²) < 4.78 is 13.7. The van der Waals surface area contributed by atoms with Gasteiger partial charge in [0.15, 0.2) is 0 Å². The third kappa shape index (κ3) is 2.83. The first-order valence-electron chi connectivity index (χ1n) is 5.18. The molecular formula is C10H11FIN3O2. The van der Waals surface area contributed by atoms with Crippen molar-refractivity contribution < 1.29 is 9.31 Å². The summed E-state index contributed by atoms with van der Waals surface area (Å²) in [6.45, 7) is 1.61. The third-order valence-electron chi connectivity index (χ3n) is 2.66. The summed E-state index contributed by atoms with van der Waals surface area (Å²) in [5.74, 6) is -0.440. The molecule has 17 heavy (non-hydrogen) atoms. The second-order valence-electron chi connectivity index (χ2n) is 3.87. The maximum absolute atomic E-state index is 13.4. The highest BCUT2D eigenvalue weighted by molar-refractivity contribution is 14.1. The Morgan fingerprint density at radius 2 is 2.35 bits per heavy atom. The fourth-order valence-electron chi connectivity index (χ4n) is 1.80. The smallest absolute Gasteiger partial charge is 0.293 e. The summed E-state index contributed by atoms with van der Waals surface area (Å²) in [7, 11) is 0. The molecule has 0 bridgehead atoms. The zero-order valence-corrected chi connectivity index (χ0v) is 11.0.